The second-order valence-electron chi connectivity index (χ2n) is 5.77. The first-order valence-corrected chi connectivity index (χ1v) is 6.11. The monoisotopic (exact) mass is 277 g/mol. The molecule has 1 unspecified atom stereocenters. The Bertz CT molecular complexity index is 432. The summed E-state index contributed by atoms with van der Waals surface area (Å²) in [5.74, 6) is -0.875. The van der Waals surface area contributed by atoms with Gasteiger partial charge in [0.15, 0.2) is 0 Å². The average molecular weight is 277 g/mol. The highest BCUT2D eigenvalue weighted by atomic mass is 19.4. The molecular formula is C14H19F4N. The SMILES string of the molecule is CC(NCc1ccc(F)cc1C(F)(F)F)C(C)(C)C. The third kappa shape index (κ3) is 4.49. The van der Waals surface area contributed by atoms with Crippen LogP contribution in [0.15, 0.2) is 18.2 Å². The van der Waals surface area contributed by atoms with Crippen molar-refractivity contribution >= 4 is 0 Å². The van der Waals surface area contributed by atoms with Crippen LogP contribution in [-0.2, 0) is 12.7 Å². The minimum atomic E-state index is -4.54. The Balaban J connectivity index is 2.90. The van der Waals surface area contributed by atoms with Gasteiger partial charge < -0.3 is 5.32 Å². The maximum atomic E-state index is 12.9. The molecule has 108 valence electrons. The summed E-state index contributed by atoms with van der Waals surface area (Å²) in [4.78, 5) is 0. The molecule has 19 heavy (non-hydrogen) atoms. The molecule has 0 bridgehead atoms. The molecular weight excluding hydrogens is 258 g/mol. The van der Waals surface area contributed by atoms with Crippen LogP contribution in [0.1, 0.15) is 38.8 Å². The van der Waals surface area contributed by atoms with Crippen molar-refractivity contribution in [3.63, 3.8) is 0 Å². The highest BCUT2D eigenvalue weighted by Crippen LogP contribution is 2.32. The van der Waals surface area contributed by atoms with Gasteiger partial charge in [-0.05, 0) is 30.0 Å². The van der Waals surface area contributed by atoms with Crippen LogP contribution in [0.2, 0.25) is 0 Å². The summed E-state index contributed by atoms with van der Waals surface area (Å²) in [5, 5.41) is 3.05. The standard InChI is InChI=1S/C14H19F4N/c1-9(13(2,3)4)19-8-10-5-6-11(15)7-12(10)14(16,17)18/h5-7,9,19H,8H2,1-4H3. The van der Waals surface area contributed by atoms with Crippen LogP contribution >= 0.6 is 0 Å². The zero-order valence-electron chi connectivity index (χ0n) is 11.5. The summed E-state index contributed by atoms with van der Waals surface area (Å²) < 4.78 is 51.3. The Kier molecular flexibility index (Phi) is 4.61. The Morgan fingerprint density at radius 3 is 2.21 bits per heavy atom. The smallest absolute Gasteiger partial charge is 0.310 e. The van der Waals surface area contributed by atoms with Crippen LogP contribution in [0.5, 0.6) is 0 Å². The van der Waals surface area contributed by atoms with Crippen molar-refractivity contribution in [1.82, 2.24) is 5.32 Å². The number of alkyl halides is 3. The van der Waals surface area contributed by atoms with E-state index in [1.54, 1.807) is 0 Å². The van der Waals surface area contributed by atoms with E-state index in [1.165, 1.54) is 6.07 Å². The summed E-state index contributed by atoms with van der Waals surface area (Å²) in [7, 11) is 0. The van der Waals surface area contributed by atoms with Crippen molar-refractivity contribution < 1.29 is 17.6 Å². The molecule has 1 N–H and O–H groups in total. The third-order valence-electron chi connectivity index (χ3n) is 3.28. The quantitative estimate of drug-likeness (QED) is 0.809. The predicted octanol–water partition coefficient (Wildman–Crippen LogP) is 4.37. The van der Waals surface area contributed by atoms with Crippen molar-refractivity contribution in [3.05, 3.63) is 35.1 Å². The van der Waals surface area contributed by atoms with Crippen molar-refractivity contribution in [3.8, 4) is 0 Å². The lowest BCUT2D eigenvalue weighted by molar-refractivity contribution is -0.138. The topological polar surface area (TPSA) is 12.0 Å². The fraction of sp³-hybridized carbons (Fsp3) is 0.571. The highest BCUT2D eigenvalue weighted by molar-refractivity contribution is 5.30. The van der Waals surface area contributed by atoms with E-state index in [0.717, 1.165) is 6.07 Å². The predicted molar refractivity (Wildman–Crippen MR) is 67.2 cm³/mol. The van der Waals surface area contributed by atoms with Gasteiger partial charge in [0.2, 0.25) is 0 Å². The summed E-state index contributed by atoms with van der Waals surface area (Å²) in [5.41, 5.74) is -0.913. The molecule has 0 saturated heterocycles. The average Bonchev–Trinajstić information content (AvgIpc) is 2.24. The van der Waals surface area contributed by atoms with Crippen LogP contribution in [0.25, 0.3) is 0 Å². The Hall–Kier alpha value is -1.10. The number of hydrogen-bond acceptors (Lipinski definition) is 1. The Morgan fingerprint density at radius 2 is 1.74 bits per heavy atom. The van der Waals surface area contributed by atoms with E-state index in [2.05, 4.69) is 5.32 Å². The van der Waals surface area contributed by atoms with E-state index in [-0.39, 0.29) is 23.6 Å². The maximum absolute atomic E-state index is 12.9. The van der Waals surface area contributed by atoms with E-state index in [0.29, 0.717) is 6.07 Å². The van der Waals surface area contributed by atoms with Gasteiger partial charge in [0.1, 0.15) is 5.82 Å². The second-order valence-corrected chi connectivity index (χ2v) is 5.77. The van der Waals surface area contributed by atoms with Crippen LogP contribution < -0.4 is 5.32 Å². The molecule has 1 aromatic carbocycles. The second kappa shape index (κ2) is 5.49. The van der Waals surface area contributed by atoms with Crippen molar-refractivity contribution in [2.24, 2.45) is 5.41 Å². The fourth-order valence-electron chi connectivity index (χ4n) is 1.54. The fourth-order valence-corrected chi connectivity index (χ4v) is 1.54. The minimum absolute atomic E-state index is 0.0404. The van der Waals surface area contributed by atoms with Gasteiger partial charge in [0.05, 0.1) is 5.56 Å². The lowest BCUT2D eigenvalue weighted by atomic mass is 9.88. The molecule has 0 spiro atoms. The van der Waals surface area contributed by atoms with Crippen molar-refractivity contribution in [1.29, 1.82) is 0 Å². The molecule has 0 aliphatic heterocycles. The van der Waals surface area contributed by atoms with Crippen LogP contribution in [-0.4, -0.2) is 6.04 Å². The lowest BCUT2D eigenvalue weighted by Gasteiger charge is -2.28. The van der Waals surface area contributed by atoms with Gasteiger partial charge in [-0.15, -0.1) is 0 Å². The Labute approximate surface area is 111 Å². The molecule has 0 aliphatic carbocycles. The van der Waals surface area contributed by atoms with Crippen LogP contribution in [0.4, 0.5) is 17.6 Å². The van der Waals surface area contributed by atoms with Gasteiger partial charge in [-0.1, -0.05) is 26.8 Å². The molecule has 1 aromatic rings. The molecule has 0 radical (unpaired) electrons. The summed E-state index contributed by atoms with van der Waals surface area (Å²) >= 11 is 0. The third-order valence-corrected chi connectivity index (χ3v) is 3.28. The van der Waals surface area contributed by atoms with Gasteiger partial charge in [0.25, 0.3) is 0 Å². The first-order chi connectivity index (χ1) is 8.51. The zero-order chi connectivity index (χ0) is 14.8. The summed E-state index contributed by atoms with van der Waals surface area (Å²) in [6.07, 6.45) is -4.54. The molecule has 0 saturated carbocycles. The first kappa shape index (κ1) is 16.0. The molecule has 0 aliphatic rings. The van der Waals surface area contributed by atoms with Gasteiger partial charge in [0, 0.05) is 12.6 Å². The molecule has 1 rings (SSSR count). The van der Waals surface area contributed by atoms with Gasteiger partial charge >= 0.3 is 6.18 Å². The van der Waals surface area contributed by atoms with Gasteiger partial charge in [-0.3, -0.25) is 0 Å². The maximum Gasteiger partial charge on any atom is 0.416 e. The summed E-state index contributed by atoms with van der Waals surface area (Å²) in [6, 6.07) is 2.81. The van der Waals surface area contributed by atoms with Gasteiger partial charge in [-0.2, -0.15) is 13.2 Å². The number of benzene rings is 1. The molecule has 0 amide bonds. The first-order valence-electron chi connectivity index (χ1n) is 6.11. The zero-order valence-corrected chi connectivity index (χ0v) is 11.5. The van der Waals surface area contributed by atoms with Crippen molar-refractivity contribution in [2.75, 3.05) is 0 Å². The van der Waals surface area contributed by atoms with E-state index in [9.17, 15) is 17.6 Å². The highest BCUT2D eigenvalue weighted by Gasteiger charge is 2.33. The van der Waals surface area contributed by atoms with Crippen molar-refractivity contribution in [2.45, 2.75) is 46.5 Å². The van der Waals surface area contributed by atoms with E-state index >= 15 is 0 Å². The molecule has 0 heterocycles. The Morgan fingerprint density at radius 1 is 1.16 bits per heavy atom. The van der Waals surface area contributed by atoms with Crippen LogP contribution in [0.3, 0.4) is 0 Å². The largest absolute Gasteiger partial charge is 0.416 e. The molecule has 1 nitrogen and oxygen atoms in total. The summed E-state index contributed by atoms with van der Waals surface area (Å²) in [6.45, 7) is 7.98. The normalized spacial score (nSPS) is 14.5. The minimum Gasteiger partial charge on any atom is -0.310 e. The van der Waals surface area contributed by atoms with Crippen LogP contribution in [0, 0.1) is 11.2 Å². The molecule has 1 atom stereocenters. The molecule has 0 fully saturated rings. The number of rotatable bonds is 3. The molecule has 0 aromatic heterocycles. The number of nitrogens with one attached hydrogen (secondary N) is 1. The van der Waals surface area contributed by atoms with E-state index in [4.69, 9.17) is 0 Å². The number of halogens is 4. The number of hydrogen-bond donors (Lipinski definition) is 1. The van der Waals surface area contributed by atoms with E-state index in [1.807, 2.05) is 27.7 Å². The lowest BCUT2D eigenvalue weighted by Crippen LogP contribution is -2.37. The van der Waals surface area contributed by atoms with Gasteiger partial charge in [-0.25, -0.2) is 4.39 Å². The molecule has 5 heteroatoms. The van der Waals surface area contributed by atoms with E-state index < -0.39 is 17.6 Å².